The van der Waals surface area contributed by atoms with E-state index in [1.807, 2.05) is 31.2 Å². The number of nitrogens with zero attached hydrogens (tertiary/aromatic N) is 1. The second kappa shape index (κ2) is 7.53. The largest absolute Gasteiger partial charge is 0.493 e. The predicted octanol–water partition coefficient (Wildman–Crippen LogP) is 3.66. The van der Waals surface area contributed by atoms with Crippen molar-refractivity contribution in [2.75, 3.05) is 19.0 Å². The Labute approximate surface area is 126 Å². The van der Waals surface area contributed by atoms with Crippen molar-refractivity contribution >= 4 is 5.82 Å². The van der Waals surface area contributed by atoms with Crippen molar-refractivity contribution in [3.63, 3.8) is 0 Å². The number of aryl methyl sites for hydroxylation is 1. The summed E-state index contributed by atoms with van der Waals surface area (Å²) < 4.78 is 11.3. The van der Waals surface area contributed by atoms with Gasteiger partial charge in [-0.2, -0.15) is 0 Å². The number of benzene rings is 1. The molecule has 1 N–H and O–H groups in total. The molecule has 0 saturated carbocycles. The van der Waals surface area contributed by atoms with Crippen LogP contribution in [0.1, 0.15) is 25.0 Å². The van der Waals surface area contributed by atoms with Crippen LogP contribution < -0.4 is 14.8 Å². The molecule has 1 aromatic heterocycles. The van der Waals surface area contributed by atoms with Crippen LogP contribution in [-0.4, -0.2) is 18.6 Å². The third-order valence-corrected chi connectivity index (χ3v) is 3.25. The minimum absolute atomic E-state index is 0.456. The summed E-state index contributed by atoms with van der Waals surface area (Å²) in [5.74, 6) is 2.38. The lowest BCUT2D eigenvalue weighted by Gasteiger charge is -2.13. The van der Waals surface area contributed by atoms with Gasteiger partial charge >= 0.3 is 0 Å². The predicted molar refractivity (Wildman–Crippen MR) is 85.1 cm³/mol. The fourth-order valence-corrected chi connectivity index (χ4v) is 2.09. The van der Waals surface area contributed by atoms with E-state index in [0.717, 1.165) is 35.8 Å². The van der Waals surface area contributed by atoms with E-state index in [1.165, 1.54) is 5.56 Å². The third-order valence-electron chi connectivity index (χ3n) is 3.25. The number of aromatic nitrogens is 1. The molecule has 112 valence electrons. The molecule has 0 aliphatic carbocycles. The van der Waals surface area contributed by atoms with Crippen LogP contribution in [0.3, 0.4) is 0 Å². The summed E-state index contributed by atoms with van der Waals surface area (Å²) in [4.78, 5) is 4.33. The van der Waals surface area contributed by atoms with Gasteiger partial charge < -0.3 is 14.8 Å². The van der Waals surface area contributed by atoms with Crippen molar-refractivity contribution in [2.24, 2.45) is 0 Å². The van der Waals surface area contributed by atoms with Crippen LogP contribution in [0.25, 0.3) is 0 Å². The first-order chi connectivity index (χ1) is 10.3. The Bertz CT molecular complexity index is 585. The van der Waals surface area contributed by atoms with E-state index < -0.39 is 0 Å². The Hall–Kier alpha value is -2.23. The molecular formula is C17H22N2O2. The van der Waals surface area contributed by atoms with Crippen LogP contribution in [-0.2, 0) is 13.0 Å². The average molecular weight is 286 g/mol. The second-order valence-electron chi connectivity index (χ2n) is 4.67. The first-order valence-corrected chi connectivity index (χ1v) is 7.26. The Kier molecular flexibility index (Phi) is 5.43. The molecule has 0 bridgehead atoms. The number of nitrogens with one attached hydrogen (secondary N) is 1. The van der Waals surface area contributed by atoms with E-state index in [0.29, 0.717) is 6.61 Å². The van der Waals surface area contributed by atoms with E-state index in [-0.39, 0.29) is 0 Å². The van der Waals surface area contributed by atoms with Crippen molar-refractivity contribution in [1.82, 2.24) is 4.98 Å². The molecule has 0 spiro atoms. The topological polar surface area (TPSA) is 43.4 Å². The summed E-state index contributed by atoms with van der Waals surface area (Å²) in [5.41, 5.74) is 2.26. The van der Waals surface area contributed by atoms with Crippen LogP contribution in [0.15, 0.2) is 36.5 Å². The van der Waals surface area contributed by atoms with E-state index in [9.17, 15) is 0 Å². The summed E-state index contributed by atoms with van der Waals surface area (Å²) in [6.07, 6.45) is 2.75. The van der Waals surface area contributed by atoms with Gasteiger partial charge in [-0.1, -0.05) is 19.1 Å². The molecular weight excluding hydrogens is 264 g/mol. The van der Waals surface area contributed by atoms with E-state index in [4.69, 9.17) is 9.47 Å². The lowest BCUT2D eigenvalue weighted by Crippen LogP contribution is -2.06. The van der Waals surface area contributed by atoms with E-state index >= 15 is 0 Å². The maximum Gasteiger partial charge on any atom is 0.161 e. The molecule has 4 nitrogen and oxygen atoms in total. The standard InChI is InChI=1S/C17H22N2O2/c1-4-13-8-9-15(16(11-13)20-3)21-12-14-7-6-10-19-17(14)18-5-2/h6-11H,4-5,12H2,1-3H3,(H,18,19). The number of pyridine rings is 1. The van der Waals surface area contributed by atoms with Crippen LogP contribution in [0, 0.1) is 0 Å². The molecule has 4 heteroatoms. The van der Waals surface area contributed by atoms with Crippen LogP contribution in [0.2, 0.25) is 0 Å². The maximum absolute atomic E-state index is 5.90. The highest BCUT2D eigenvalue weighted by atomic mass is 16.5. The molecule has 0 aliphatic rings. The van der Waals surface area contributed by atoms with Gasteiger partial charge in [0.1, 0.15) is 12.4 Å². The maximum atomic E-state index is 5.90. The number of rotatable bonds is 7. The lowest BCUT2D eigenvalue weighted by molar-refractivity contribution is 0.284. The average Bonchev–Trinajstić information content (AvgIpc) is 2.54. The van der Waals surface area contributed by atoms with Crippen molar-refractivity contribution in [3.05, 3.63) is 47.7 Å². The quantitative estimate of drug-likeness (QED) is 0.843. The summed E-state index contributed by atoms with van der Waals surface area (Å²) >= 11 is 0. The molecule has 1 heterocycles. The van der Waals surface area contributed by atoms with Crippen LogP contribution in [0.5, 0.6) is 11.5 Å². The molecule has 0 unspecified atom stereocenters. The highest BCUT2D eigenvalue weighted by molar-refractivity contribution is 5.45. The van der Waals surface area contributed by atoms with Gasteiger partial charge in [0.2, 0.25) is 0 Å². The molecule has 0 amide bonds. The van der Waals surface area contributed by atoms with Crippen LogP contribution in [0.4, 0.5) is 5.82 Å². The fraction of sp³-hybridized carbons (Fsp3) is 0.353. The second-order valence-corrected chi connectivity index (χ2v) is 4.67. The smallest absolute Gasteiger partial charge is 0.161 e. The summed E-state index contributed by atoms with van der Waals surface area (Å²) in [6.45, 7) is 5.45. The lowest BCUT2D eigenvalue weighted by atomic mass is 10.1. The zero-order valence-electron chi connectivity index (χ0n) is 12.8. The summed E-state index contributed by atoms with van der Waals surface area (Å²) in [7, 11) is 1.66. The van der Waals surface area contributed by atoms with Gasteiger partial charge in [0.25, 0.3) is 0 Å². The van der Waals surface area contributed by atoms with Crippen molar-refractivity contribution in [1.29, 1.82) is 0 Å². The first kappa shape index (κ1) is 15.2. The molecule has 1 aromatic carbocycles. The Balaban J connectivity index is 2.13. The molecule has 2 rings (SSSR count). The Morgan fingerprint density at radius 2 is 2.00 bits per heavy atom. The number of hydrogen-bond donors (Lipinski definition) is 1. The third kappa shape index (κ3) is 3.88. The zero-order chi connectivity index (χ0) is 15.1. The molecule has 0 saturated heterocycles. The van der Waals surface area contributed by atoms with Gasteiger partial charge in [-0.15, -0.1) is 0 Å². The number of ether oxygens (including phenoxy) is 2. The Morgan fingerprint density at radius 1 is 1.14 bits per heavy atom. The molecule has 0 atom stereocenters. The van der Waals surface area contributed by atoms with E-state index in [2.05, 4.69) is 23.3 Å². The monoisotopic (exact) mass is 286 g/mol. The SMILES string of the molecule is CCNc1ncccc1COc1ccc(CC)cc1OC. The minimum atomic E-state index is 0.456. The number of anilines is 1. The van der Waals surface area contributed by atoms with Gasteiger partial charge in [0.15, 0.2) is 11.5 Å². The Morgan fingerprint density at radius 3 is 2.71 bits per heavy atom. The number of methoxy groups -OCH3 is 1. The summed E-state index contributed by atoms with van der Waals surface area (Å²) in [6, 6.07) is 9.96. The molecule has 0 fully saturated rings. The normalized spacial score (nSPS) is 10.2. The molecule has 0 radical (unpaired) electrons. The van der Waals surface area contributed by atoms with Crippen molar-refractivity contribution < 1.29 is 9.47 Å². The van der Waals surface area contributed by atoms with E-state index in [1.54, 1.807) is 13.3 Å². The molecule has 0 aliphatic heterocycles. The van der Waals surface area contributed by atoms with Crippen molar-refractivity contribution in [2.45, 2.75) is 26.9 Å². The van der Waals surface area contributed by atoms with Gasteiger partial charge in [0, 0.05) is 18.3 Å². The minimum Gasteiger partial charge on any atom is -0.493 e. The highest BCUT2D eigenvalue weighted by Crippen LogP contribution is 2.29. The van der Waals surface area contributed by atoms with Crippen molar-refractivity contribution in [3.8, 4) is 11.5 Å². The summed E-state index contributed by atoms with van der Waals surface area (Å²) in [5, 5.41) is 3.24. The highest BCUT2D eigenvalue weighted by Gasteiger charge is 2.08. The zero-order valence-corrected chi connectivity index (χ0v) is 12.8. The van der Waals surface area contributed by atoms with Gasteiger partial charge in [-0.05, 0) is 37.1 Å². The fourth-order valence-electron chi connectivity index (χ4n) is 2.09. The van der Waals surface area contributed by atoms with Crippen LogP contribution >= 0.6 is 0 Å². The number of hydrogen-bond acceptors (Lipinski definition) is 4. The van der Waals surface area contributed by atoms with Gasteiger partial charge in [0.05, 0.1) is 7.11 Å². The van der Waals surface area contributed by atoms with Gasteiger partial charge in [-0.3, -0.25) is 0 Å². The first-order valence-electron chi connectivity index (χ1n) is 7.26. The molecule has 2 aromatic rings. The molecule has 21 heavy (non-hydrogen) atoms. The van der Waals surface area contributed by atoms with Gasteiger partial charge in [-0.25, -0.2) is 4.98 Å².